The summed E-state index contributed by atoms with van der Waals surface area (Å²) in [6.07, 6.45) is 3.86. The molecule has 0 bridgehead atoms. The van der Waals surface area contributed by atoms with E-state index in [2.05, 4.69) is 137 Å². The van der Waals surface area contributed by atoms with Crippen molar-refractivity contribution in [2.45, 2.75) is 20.0 Å². The fourth-order valence-corrected chi connectivity index (χ4v) is 6.27. The summed E-state index contributed by atoms with van der Waals surface area (Å²) in [6, 6.07) is 43.0. The smallest absolute Gasteiger partial charge is 0.125 e. The molecule has 1 N–H and O–H groups in total. The highest BCUT2D eigenvalue weighted by atomic mass is 32.1. The molecule has 0 radical (unpaired) electrons. The third-order valence-corrected chi connectivity index (χ3v) is 8.66. The molecule has 0 aliphatic carbocycles. The summed E-state index contributed by atoms with van der Waals surface area (Å²) in [5, 5.41) is 4.68. The highest BCUT2D eigenvalue weighted by Crippen LogP contribution is 2.38. The van der Waals surface area contributed by atoms with Gasteiger partial charge >= 0.3 is 0 Å². The zero-order valence-corrected chi connectivity index (χ0v) is 24.2. The number of rotatable bonds is 8. The minimum absolute atomic E-state index is 0.677. The molecule has 5 aromatic carbocycles. The minimum Gasteiger partial charge on any atom is -0.379 e. The van der Waals surface area contributed by atoms with E-state index in [1.165, 1.54) is 38.1 Å². The van der Waals surface area contributed by atoms with Crippen LogP contribution in [0, 0.1) is 6.92 Å². The molecule has 0 aliphatic heterocycles. The van der Waals surface area contributed by atoms with Gasteiger partial charge in [-0.05, 0) is 65.1 Å². The summed E-state index contributed by atoms with van der Waals surface area (Å²) in [4.78, 5) is 9.41. The fourth-order valence-electron chi connectivity index (χ4n) is 5.26. The Morgan fingerprint density at radius 2 is 1.45 bits per heavy atom. The Morgan fingerprint density at radius 1 is 0.714 bits per heavy atom. The van der Waals surface area contributed by atoms with Gasteiger partial charge in [-0.2, -0.15) is 0 Å². The van der Waals surface area contributed by atoms with Crippen molar-refractivity contribution in [1.82, 2.24) is 14.5 Å². The maximum Gasteiger partial charge on any atom is 0.125 e. The molecule has 0 atom stereocenters. The highest BCUT2D eigenvalue weighted by Gasteiger charge is 2.13. The van der Waals surface area contributed by atoms with E-state index in [1.54, 1.807) is 11.3 Å². The number of aromatic nitrogens is 3. The lowest BCUT2D eigenvalue weighted by molar-refractivity contribution is 0.749. The average Bonchev–Trinajstić information content (AvgIpc) is 3.68. The lowest BCUT2D eigenvalue weighted by Gasteiger charge is -2.14. The summed E-state index contributed by atoms with van der Waals surface area (Å²) in [5.74, 6) is 0. The van der Waals surface area contributed by atoms with Crippen LogP contribution in [0.1, 0.15) is 16.8 Å². The first-order chi connectivity index (χ1) is 20.7. The van der Waals surface area contributed by atoms with Gasteiger partial charge in [0.2, 0.25) is 0 Å². The van der Waals surface area contributed by atoms with E-state index in [9.17, 15) is 0 Å². The van der Waals surface area contributed by atoms with Crippen molar-refractivity contribution in [2.24, 2.45) is 0 Å². The van der Waals surface area contributed by atoms with Gasteiger partial charge in [0.05, 0.1) is 28.8 Å². The standard InChI is InChI=1S/C37H30N4S/c1-26-11-15-28(16-12-26)29-17-13-27(14-18-29)24-41-25-38-22-32(41)23-39-31-19-20-33(34(21-31)30-7-3-2-4-8-30)37-40-35-9-5-6-10-36(35)42-37/h2-22,25,39H,23-24H2,1H3. The van der Waals surface area contributed by atoms with E-state index in [-0.39, 0.29) is 0 Å². The van der Waals surface area contributed by atoms with E-state index < -0.39 is 0 Å². The Labute approximate surface area is 250 Å². The van der Waals surface area contributed by atoms with Gasteiger partial charge in [0.15, 0.2) is 0 Å². The molecule has 2 heterocycles. The number of aryl methyl sites for hydroxylation is 1. The lowest BCUT2D eigenvalue weighted by atomic mass is 9.99. The number of hydrogen-bond donors (Lipinski definition) is 1. The van der Waals surface area contributed by atoms with Crippen LogP contribution in [-0.2, 0) is 13.1 Å². The van der Waals surface area contributed by atoms with Crippen molar-refractivity contribution in [1.29, 1.82) is 0 Å². The molecule has 0 unspecified atom stereocenters. The SMILES string of the molecule is Cc1ccc(-c2ccc(Cn3cncc3CNc3ccc(-c4nc5ccccc5s4)c(-c4ccccc4)c3)cc2)cc1. The molecule has 42 heavy (non-hydrogen) atoms. The predicted octanol–water partition coefficient (Wildman–Crippen LogP) is 9.46. The van der Waals surface area contributed by atoms with Crippen molar-refractivity contribution < 1.29 is 0 Å². The second-order valence-corrected chi connectivity index (χ2v) is 11.6. The fraction of sp³-hybridized carbons (Fsp3) is 0.0811. The van der Waals surface area contributed by atoms with Crippen LogP contribution in [0.4, 0.5) is 5.69 Å². The van der Waals surface area contributed by atoms with Crippen molar-refractivity contribution >= 4 is 27.2 Å². The highest BCUT2D eigenvalue weighted by molar-refractivity contribution is 7.21. The first-order valence-electron chi connectivity index (χ1n) is 14.1. The molecule has 0 saturated carbocycles. The van der Waals surface area contributed by atoms with Crippen molar-refractivity contribution in [3.8, 4) is 32.8 Å². The molecular formula is C37H30N4S. The number of hydrogen-bond acceptors (Lipinski definition) is 4. The number of nitrogens with one attached hydrogen (secondary N) is 1. The Morgan fingerprint density at radius 3 is 2.24 bits per heavy atom. The summed E-state index contributed by atoms with van der Waals surface area (Å²) in [5.41, 5.74) is 11.7. The summed E-state index contributed by atoms with van der Waals surface area (Å²) < 4.78 is 3.41. The van der Waals surface area contributed by atoms with E-state index in [0.29, 0.717) is 6.54 Å². The molecule has 4 nitrogen and oxygen atoms in total. The Bertz CT molecular complexity index is 1920. The molecule has 2 aromatic heterocycles. The number of fused-ring (bicyclic) bond motifs is 1. The van der Waals surface area contributed by atoms with E-state index >= 15 is 0 Å². The number of benzene rings is 5. The summed E-state index contributed by atoms with van der Waals surface area (Å²) >= 11 is 1.74. The van der Waals surface area contributed by atoms with Gasteiger partial charge in [-0.1, -0.05) is 96.6 Å². The largest absolute Gasteiger partial charge is 0.379 e. The van der Waals surface area contributed by atoms with Crippen LogP contribution >= 0.6 is 11.3 Å². The molecule has 204 valence electrons. The summed E-state index contributed by atoms with van der Waals surface area (Å²) in [6.45, 7) is 3.57. The van der Waals surface area contributed by atoms with Gasteiger partial charge in [0, 0.05) is 24.0 Å². The van der Waals surface area contributed by atoms with Crippen molar-refractivity contribution in [3.63, 3.8) is 0 Å². The van der Waals surface area contributed by atoms with Gasteiger partial charge in [0.25, 0.3) is 0 Å². The Balaban J connectivity index is 1.10. The molecule has 7 aromatic rings. The van der Waals surface area contributed by atoms with Gasteiger partial charge in [-0.3, -0.25) is 0 Å². The molecule has 0 amide bonds. The van der Waals surface area contributed by atoms with E-state index in [4.69, 9.17) is 4.98 Å². The molecular weight excluding hydrogens is 533 g/mol. The van der Waals surface area contributed by atoms with Crippen LogP contribution in [0.3, 0.4) is 0 Å². The van der Waals surface area contributed by atoms with Gasteiger partial charge in [0.1, 0.15) is 5.01 Å². The lowest BCUT2D eigenvalue weighted by Crippen LogP contribution is -2.08. The summed E-state index contributed by atoms with van der Waals surface area (Å²) in [7, 11) is 0. The Hall–Kier alpha value is -5.00. The number of anilines is 1. The number of thiazole rings is 1. The average molecular weight is 563 g/mol. The molecule has 0 spiro atoms. The van der Waals surface area contributed by atoms with Gasteiger partial charge in [-0.25, -0.2) is 9.97 Å². The van der Waals surface area contributed by atoms with Crippen LogP contribution in [0.5, 0.6) is 0 Å². The van der Waals surface area contributed by atoms with Crippen molar-refractivity contribution in [2.75, 3.05) is 5.32 Å². The first kappa shape index (κ1) is 25.9. The third-order valence-electron chi connectivity index (χ3n) is 7.59. The number of nitrogens with zero attached hydrogens (tertiary/aromatic N) is 3. The first-order valence-corrected chi connectivity index (χ1v) is 15.0. The van der Waals surface area contributed by atoms with Crippen LogP contribution < -0.4 is 5.32 Å². The maximum atomic E-state index is 4.95. The van der Waals surface area contributed by atoms with Gasteiger partial charge < -0.3 is 9.88 Å². The molecule has 0 aliphatic rings. The topological polar surface area (TPSA) is 42.7 Å². The minimum atomic E-state index is 0.677. The van der Waals surface area contributed by atoms with Gasteiger partial charge in [-0.15, -0.1) is 11.3 Å². The van der Waals surface area contributed by atoms with Crippen LogP contribution in [0.25, 0.3) is 43.0 Å². The zero-order chi connectivity index (χ0) is 28.3. The maximum absolute atomic E-state index is 4.95. The van der Waals surface area contributed by atoms with Crippen LogP contribution in [0.2, 0.25) is 0 Å². The number of imidazole rings is 1. The molecule has 5 heteroatoms. The predicted molar refractivity (Wildman–Crippen MR) is 176 cm³/mol. The quantitative estimate of drug-likeness (QED) is 0.201. The second-order valence-electron chi connectivity index (χ2n) is 10.5. The van der Waals surface area contributed by atoms with Crippen LogP contribution in [-0.4, -0.2) is 14.5 Å². The third kappa shape index (κ3) is 5.47. The molecule has 7 rings (SSSR count). The zero-order valence-electron chi connectivity index (χ0n) is 23.4. The molecule has 0 fully saturated rings. The number of para-hydroxylation sites is 1. The molecule has 0 saturated heterocycles. The normalized spacial score (nSPS) is 11.2. The van der Waals surface area contributed by atoms with E-state index in [0.717, 1.165) is 34.0 Å². The van der Waals surface area contributed by atoms with Crippen LogP contribution in [0.15, 0.2) is 134 Å². The van der Waals surface area contributed by atoms with Crippen molar-refractivity contribution in [3.05, 3.63) is 151 Å². The van der Waals surface area contributed by atoms with E-state index in [1.807, 2.05) is 18.6 Å². The monoisotopic (exact) mass is 562 g/mol. The second kappa shape index (κ2) is 11.5. The Kier molecular flexibility index (Phi) is 7.08.